The molecule has 0 unspecified atom stereocenters. The van der Waals surface area contributed by atoms with Crippen LogP contribution in [0.15, 0.2) is 30.5 Å². The number of aromatic carboxylic acids is 1. The topological polar surface area (TPSA) is 173 Å². The quantitative estimate of drug-likeness (QED) is 0.601. The molecule has 10 nitrogen and oxygen atoms in total. The van der Waals surface area contributed by atoms with Gasteiger partial charge in [0.1, 0.15) is 5.56 Å². The number of hydrogen-bond donors (Lipinski definition) is 4. The number of hydrogen-bond acceptors (Lipinski definition) is 7. The lowest BCUT2D eigenvalue weighted by Crippen LogP contribution is -2.44. The molecule has 0 atom stereocenters. The number of aromatic nitrogens is 2. The maximum Gasteiger partial charge on any atom is 0.342 e. The number of aromatic hydroxyl groups is 1. The van der Waals surface area contributed by atoms with Gasteiger partial charge in [0.2, 0.25) is 11.8 Å². The van der Waals surface area contributed by atoms with Crippen LogP contribution >= 0.6 is 0 Å². The van der Waals surface area contributed by atoms with E-state index >= 15 is 0 Å². The number of urea groups is 1. The molecule has 0 aliphatic heterocycles. The summed E-state index contributed by atoms with van der Waals surface area (Å²) >= 11 is 0. The molecule has 24 heavy (non-hydrogen) atoms. The summed E-state index contributed by atoms with van der Waals surface area (Å²) in [5, 5.41) is 18.4. The number of carboxylic acids is 1. The van der Waals surface area contributed by atoms with Crippen LogP contribution < -0.4 is 16.4 Å². The second-order valence-electron chi connectivity index (χ2n) is 4.55. The van der Waals surface area contributed by atoms with E-state index in [1.165, 1.54) is 24.3 Å². The molecule has 2 aromatic rings. The molecule has 124 valence electrons. The first-order chi connectivity index (χ1) is 11.3. The first kappa shape index (κ1) is 16.8. The first-order valence-corrected chi connectivity index (χ1v) is 6.57. The van der Waals surface area contributed by atoms with E-state index in [-0.39, 0.29) is 11.5 Å². The molecule has 0 saturated carbocycles. The van der Waals surface area contributed by atoms with E-state index in [0.717, 1.165) is 11.1 Å². The third kappa shape index (κ3) is 3.28. The zero-order valence-electron chi connectivity index (χ0n) is 12.2. The fourth-order valence-corrected chi connectivity index (χ4v) is 1.91. The van der Waals surface area contributed by atoms with Crippen molar-refractivity contribution in [3.63, 3.8) is 0 Å². The Morgan fingerprint density at radius 3 is 2.25 bits per heavy atom. The lowest BCUT2D eigenvalue weighted by Gasteiger charge is -2.17. The van der Waals surface area contributed by atoms with Crippen LogP contribution in [0.4, 0.5) is 10.5 Å². The van der Waals surface area contributed by atoms with Crippen LogP contribution in [0.3, 0.4) is 0 Å². The number of primary amides is 1. The fraction of sp³-hybridized carbons (Fsp3) is 0.0714. The lowest BCUT2D eigenvalue weighted by molar-refractivity contribution is -0.116. The molecule has 1 aromatic carbocycles. The number of carboxylic acid groups (broad SMARTS) is 1. The Labute approximate surface area is 135 Å². The van der Waals surface area contributed by atoms with Crippen LogP contribution in [0.2, 0.25) is 0 Å². The maximum atomic E-state index is 11.6. The van der Waals surface area contributed by atoms with E-state index < -0.39 is 35.9 Å². The number of nitrogens with two attached hydrogens (primary N) is 2. The SMILES string of the molecule is NCC(=O)N(C(N)=O)c1ccc(-c2ncc(C(=O)O)c(O)n2)cc1. The van der Waals surface area contributed by atoms with Gasteiger partial charge < -0.3 is 21.7 Å². The van der Waals surface area contributed by atoms with Gasteiger partial charge in [0, 0.05) is 11.8 Å². The minimum absolute atomic E-state index is 0.0693. The average molecular weight is 331 g/mol. The summed E-state index contributed by atoms with van der Waals surface area (Å²) in [6, 6.07) is 4.81. The van der Waals surface area contributed by atoms with E-state index in [1.54, 1.807) is 0 Å². The third-order valence-corrected chi connectivity index (χ3v) is 3.03. The molecule has 1 aromatic heterocycles. The Kier molecular flexibility index (Phi) is 4.70. The summed E-state index contributed by atoms with van der Waals surface area (Å²) in [5.41, 5.74) is 10.6. The van der Waals surface area contributed by atoms with Gasteiger partial charge in [0.25, 0.3) is 0 Å². The van der Waals surface area contributed by atoms with Crippen LogP contribution in [0, 0.1) is 0 Å². The van der Waals surface area contributed by atoms with Crippen LogP contribution in [-0.2, 0) is 4.79 Å². The van der Waals surface area contributed by atoms with Crippen LogP contribution in [-0.4, -0.2) is 44.6 Å². The van der Waals surface area contributed by atoms with Crippen molar-refractivity contribution < 1.29 is 24.6 Å². The maximum absolute atomic E-state index is 11.6. The van der Waals surface area contributed by atoms with Gasteiger partial charge in [-0.25, -0.2) is 19.5 Å². The van der Waals surface area contributed by atoms with E-state index in [4.69, 9.17) is 16.6 Å². The molecular weight excluding hydrogens is 318 g/mol. The molecule has 10 heteroatoms. The van der Waals surface area contributed by atoms with Crippen LogP contribution in [0.1, 0.15) is 10.4 Å². The molecule has 1 heterocycles. The van der Waals surface area contributed by atoms with Crippen molar-refractivity contribution in [3.05, 3.63) is 36.0 Å². The van der Waals surface area contributed by atoms with E-state index in [1.807, 2.05) is 0 Å². The highest BCUT2D eigenvalue weighted by atomic mass is 16.4. The van der Waals surface area contributed by atoms with Crippen LogP contribution in [0.25, 0.3) is 11.4 Å². The Bertz CT molecular complexity index is 806. The Morgan fingerprint density at radius 2 is 1.79 bits per heavy atom. The summed E-state index contributed by atoms with van der Waals surface area (Å²) in [6.45, 7) is -0.391. The standard InChI is InChI=1S/C14H13N5O5/c15-5-10(20)19(14(16)24)8-3-1-7(2-4-8)11-17-6-9(13(22)23)12(21)18-11/h1-4,6H,5,15H2,(H2,16,24)(H,22,23)(H,17,18,21). The number of nitrogens with zero attached hydrogens (tertiary/aromatic N) is 3. The van der Waals surface area contributed by atoms with Gasteiger partial charge in [-0.15, -0.1) is 0 Å². The lowest BCUT2D eigenvalue weighted by atomic mass is 10.1. The van der Waals surface area contributed by atoms with Gasteiger partial charge in [-0.1, -0.05) is 0 Å². The molecule has 0 fully saturated rings. The normalized spacial score (nSPS) is 10.2. The van der Waals surface area contributed by atoms with Gasteiger partial charge in [0.05, 0.1) is 12.2 Å². The van der Waals surface area contributed by atoms with Gasteiger partial charge in [-0.3, -0.25) is 4.79 Å². The van der Waals surface area contributed by atoms with Crippen molar-refractivity contribution in [2.24, 2.45) is 11.5 Å². The smallest absolute Gasteiger partial charge is 0.342 e. The molecule has 6 N–H and O–H groups in total. The summed E-state index contributed by atoms with van der Waals surface area (Å²) < 4.78 is 0. The minimum Gasteiger partial charge on any atom is -0.493 e. The van der Waals surface area contributed by atoms with Crippen molar-refractivity contribution in [1.82, 2.24) is 9.97 Å². The molecule has 0 aliphatic carbocycles. The van der Waals surface area contributed by atoms with Gasteiger partial charge >= 0.3 is 12.0 Å². The highest BCUT2D eigenvalue weighted by molar-refractivity contribution is 6.14. The van der Waals surface area contributed by atoms with Crippen molar-refractivity contribution in [3.8, 4) is 17.3 Å². The molecule has 0 saturated heterocycles. The number of carbonyl (C=O) groups is 3. The number of rotatable bonds is 4. The molecule has 2 rings (SSSR count). The molecule has 0 radical (unpaired) electrons. The number of anilines is 1. The van der Waals surface area contributed by atoms with Gasteiger partial charge in [-0.2, -0.15) is 4.98 Å². The number of carbonyl (C=O) groups excluding carboxylic acids is 2. The molecule has 0 aliphatic rings. The predicted molar refractivity (Wildman–Crippen MR) is 82.2 cm³/mol. The first-order valence-electron chi connectivity index (χ1n) is 6.57. The zero-order valence-corrected chi connectivity index (χ0v) is 12.2. The predicted octanol–water partition coefficient (Wildman–Crippen LogP) is -0.0822. The highest BCUT2D eigenvalue weighted by Crippen LogP contribution is 2.23. The average Bonchev–Trinajstić information content (AvgIpc) is 2.54. The minimum atomic E-state index is -1.35. The van der Waals surface area contributed by atoms with Crippen LogP contribution in [0.5, 0.6) is 5.88 Å². The summed E-state index contributed by atoms with van der Waals surface area (Å²) in [7, 11) is 0. The molecule has 3 amide bonds. The Balaban J connectivity index is 2.35. The number of benzene rings is 1. The van der Waals surface area contributed by atoms with Gasteiger partial charge in [0.15, 0.2) is 5.82 Å². The summed E-state index contributed by atoms with van der Waals surface area (Å²) in [5.74, 6) is -2.63. The highest BCUT2D eigenvalue weighted by Gasteiger charge is 2.20. The van der Waals surface area contributed by atoms with Crippen molar-refractivity contribution in [2.45, 2.75) is 0 Å². The van der Waals surface area contributed by atoms with Crippen molar-refractivity contribution in [1.29, 1.82) is 0 Å². The number of imide groups is 1. The number of amides is 3. The molecule has 0 bridgehead atoms. The second kappa shape index (κ2) is 6.71. The van der Waals surface area contributed by atoms with Crippen molar-refractivity contribution in [2.75, 3.05) is 11.4 Å². The van der Waals surface area contributed by atoms with E-state index in [0.29, 0.717) is 5.56 Å². The summed E-state index contributed by atoms with van der Waals surface area (Å²) in [6.07, 6.45) is 0.974. The zero-order chi connectivity index (χ0) is 17.9. The second-order valence-corrected chi connectivity index (χ2v) is 4.55. The van der Waals surface area contributed by atoms with E-state index in [9.17, 15) is 19.5 Å². The molecular formula is C14H13N5O5. The monoisotopic (exact) mass is 331 g/mol. The van der Waals surface area contributed by atoms with E-state index in [2.05, 4.69) is 9.97 Å². The Hall–Kier alpha value is -3.53. The largest absolute Gasteiger partial charge is 0.493 e. The van der Waals surface area contributed by atoms with Crippen molar-refractivity contribution >= 4 is 23.6 Å². The third-order valence-electron chi connectivity index (χ3n) is 3.03. The fourth-order valence-electron chi connectivity index (χ4n) is 1.91. The van der Waals surface area contributed by atoms with Gasteiger partial charge in [-0.05, 0) is 24.3 Å². The molecule has 0 spiro atoms. The Morgan fingerprint density at radius 1 is 1.17 bits per heavy atom. The summed E-state index contributed by atoms with van der Waals surface area (Å²) in [4.78, 5) is 42.1.